The van der Waals surface area contributed by atoms with Crippen LogP contribution in [0.4, 0.5) is 23.2 Å². The maximum absolute atomic E-state index is 14.3. The number of carbonyl (C=O) groups is 1. The van der Waals surface area contributed by atoms with E-state index in [0.29, 0.717) is 23.7 Å². The van der Waals surface area contributed by atoms with E-state index in [1.54, 1.807) is 6.20 Å². The first-order chi connectivity index (χ1) is 15.7. The lowest BCUT2D eigenvalue weighted by Crippen LogP contribution is -2.31. The molecule has 1 aliphatic rings. The third-order valence-corrected chi connectivity index (χ3v) is 5.84. The summed E-state index contributed by atoms with van der Waals surface area (Å²) in [5.41, 5.74) is 5.67. The predicted octanol–water partition coefficient (Wildman–Crippen LogP) is 5.18. The molecule has 0 radical (unpaired) electrons. The van der Waals surface area contributed by atoms with E-state index in [4.69, 9.17) is 5.73 Å². The molecule has 5 nitrogen and oxygen atoms in total. The van der Waals surface area contributed by atoms with Gasteiger partial charge >= 0.3 is 0 Å². The number of carbonyl (C=O) groups excluding carboxylic acids is 1. The van der Waals surface area contributed by atoms with E-state index in [1.165, 1.54) is 6.20 Å². The Hall–Kier alpha value is -3.33. The molecule has 0 bridgehead atoms. The Bertz CT molecular complexity index is 1170. The number of nitrogens with one attached hydrogen (secondary N) is 1. The first kappa shape index (κ1) is 22.8. The third-order valence-electron chi connectivity index (χ3n) is 5.84. The predicted molar refractivity (Wildman–Crippen MR) is 115 cm³/mol. The van der Waals surface area contributed by atoms with E-state index in [9.17, 15) is 22.4 Å². The molecule has 33 heavy (non-hydrogen) atoms. The van der Waals surface area contributed by atoms with Crippen molar-refractivity contribution < 1.29 is 22.4 Å². The Kier molecular flexibility index (Phi) is 6.42. The zero-order valence-electron chi connectivity index (χ0n) is 17.8. The Morgan fingerprint density at radius 2 is 1.76 bits per heavy atom. The summed E-state index contributed by atoms with van der Waals surface area (Å²) in [5, 5.41) is 2.72. The van der Waals surface area contributed by atoms with Crippen LogP contribution in [0.15, 0.2) is 42.7 Å². The summed E-state index contributed by atoms with van der Waals surface area (Å²) in [6.07, 6.45) is 5.73. The number of benzene rings is 1. The first-order valence-corrected chi connectivity index (χ1v) is 10.5. The number of anilines is 1. The molecule has 1 aromatic carbocycles. The summed E-state index contributed by atoms with van der Waals surface area (Å²) in [4.78, 5) is 20.8. The highest BCUT2D eigenvalue weighted by Gasteiger charge is 2.28. The van der Waals surface area contributed by atoms with Gasteiger partial charge in [-0.25, -0.2) is 22.5 Å². The van der Waals surface area contributed by atoms with Crippen LogP contribution < -0.4 is 11.1 Å². The van der Waals surface area contributed by atoms with Crippen molar-refractivity contribution in [2.24, 2.45) is 11.7 Å². The highest BCUT2D eigenvalue weighted by atomic mass is 19.1. The minimum atomic E-state index is -1.33. The fraction of sp³-hybridized carbons (Fsp3) is 0.292. The van der Waals surface area contributed by atoms with Crippen molar-refractivity contribution in [2.75, 3.05) is 5.32 Å². The number of halogens is 4. The quantitative estimate of drug-likeness (QED) is 0.528. The number of nitrogens with two attached hydrogens (primary N) is 1. The molecule has 2 heterocycles. The Labute approximate surface area is 188 Å². The summed E-state index contributed by atoms with van der Waals surface area (Å²) < 4.78 is 55.9. The summed E-state index contributed by atoms with van der Waals surface area (Å²) in [7, 11) is 0. The van der Waals surface area contributed by atoms with Gasteiger partial charge in [0.05, 0.1) is 17.4 Å². The monoisotopic (exact) mass is 458 g/mol. The summed E-state index contributed by atoms with van der Waals surface area (Å²) in [5.74, 6) is -5.00. The zero-order valence-corrected chi connectivity index (χ0v) is 17.8. The molecule has 1 aliphatic carbocycles. The van der Waals surface area contributed by atoms with E-state index in [2.05, 4.69) is 22.2 Å². The van der Waals surface area contributed by atoms with E-state index in [1.807, 2.05) is 6.07 Å². The van der Waals surface area contributed by atoms with Crippen molar-refractivity contribution in [2.45, 2.75) is 38.1 Å². The second-order valence-corrected chi connectivity index (χ2v) is 8.46. The molecule has 4 rings (SSSR count). The number of nitrogens with zero attached hydrogens (tertiary/aromatic N) is 2. The Morgan fingerprint density at radius 3 is 2.45 bits per heavy atom. The van der Waals surface area contributed by atoms with Crippen molar-refractivity contribution in [1.82, 2.24) is 9.97 Å². The number of hydrogen-bond acceptors (Lipinski definition) is 4. The summed E-state index contributed by atoms with van der Waals surface area (Å²) in [6, 6.07) is 4.69. The second kappa shape index (κ2) is 9.27. The van der Waals surface area contributed by atoms with Gasteiger partial charge in [-0.3, -0.25) is 9.78 Å². The van der Waals surface area contributed by atoms with Crippen molar-refractivity contribution in [3.63, 3.8) is 0 Å². The largest absolute Gasteiger partial charge is 0.328 e. The van der Waals surface area contributed by atoms with Crippen LogP contribution in [-0.2, 0) is 0 Å². The van der Waals surface area contributed by atoms with Gasteiger partial charge in [0.2, 0.25) is 0 Å². The molecular weight excluding hydrogens is 436 g/mol. The number of rotatable bonds is 4. The average Bonchev–Trinajstić information content (AvgIpc) is 2.74. The molecular formula is C24H22F4N4O. The lowest BCUT2D eigenvalue weighted by Gasteiger charge is -2.32. The first-order valence-electron chi connectivity index (χ1n) is 10.5. The molecule has 1 fully saturated rings. The summed E-state index contributed by atoms with van der Waals surface area (Å²) >= 11 is 0. The van der Waals surface area contributed by atoms with E-state index in [0.717, 1.165) is 37.0 Å². The summed E-state index contributed by atoms with van der Waals surface area (Å²) in [6.45, 7) is 2.13. The standard InChI is InChI=1S/C24H22F4N4O/c1-12-6-13(8-15(29)7-12)16-4-5-30-11-21(16)32-24(33)20-3-2-17(26)23(31-20)22-18(27)9-14(25)10-19(22)28/h2-5,9-13,15H,6-8,29H2,1H3,(H,32,33)/t12-,13+,15+/m0/s1. The van der Waals surface area contributed by atoms with Gasteiger partial charge in [-0.2, -0.15) is 0 Å². The van der Waals surface area contributed by atoms with Crippen molar-refractivity contribution in [3.05, 3.63) is 77.3 Å². The molecule has 3 atom stereocenters. The minimum absolute atomic E-state index is 0.0530. The topological polar surface area (TPSA) is 80.9 Å². The molecule has 0 aliphatic heterocycles. The molecule has 0 unspecified atom stereocenters. The van der Waals surface area contributed by atoms with Gasteiger partial charge in [0.1, 0.15) is 34.7 Å². The van der Waals surface area contributed by atoms with Gasteiger partial charge in [0.15, 0.2) is 0 Å². The van der Waals surface area contributed by atoms with E-state index >= 15 is 0 Å². The highest BCUT2D eigenvalue weighted by molar-refractivity contribution is 6.03. The van der Waals surface area contributed by atoms with Crippen LogP contribution in [0.2, 0.25) is 0 Å². The van der Waals surface area contributed by atoms with Crippen molar-refractivity contribution >= 4 is 11.6 Å². The average molecular weight is 458 g/mol. The van der Waals surface area contributed by atoms with Crippen LogP contribution in [0.1, 0.15) is 48.2 Å². The normalized spacial score (nSPS) is 20.5. The lowest BCUT2D eigenvalue weighted by atomic mass is 9.76. The van der Waals surface area contributed by atoms with Crippen LogP contribution in [0.3, 0.4) is 0 Å². The minimum Gasteiger partial charge on any atom is -0.328 e. The molecule has 172 valence electrons. The smallest absolute Gasteiger partial charge is 0.274 e. The van der Waals surface area contributed by atoms with Gasteiger partial charge in [-0.05, 0) is 54.9 Å². The molecule has 3 N–H and O–H groups in total. The second-order valence-electron chi connectivity index (χ2n) is 8.46. The maximum atomic E-state index is 14.3. The zero-order chi connectivity index (χ0) is 23.7. The number of aromatic nitrogens is 2. The van der Waals surface area contributed by atoms with Gasteiger partial charge in [0.25, 0.3) is 5.91 Å². The van der Waals surface area contributed by atoms with Gasteiger partial charge in [-0.15, -0.1) is 0 Å². The fourth-order valence-corrected chi connectivity index (χ4v) is 4.47. The molecule has 3 aromatic rings. The highest BCUT2D eigenvalue weighted by Crippen LogP contribution is 2.38. The van der Waals surface area contributed by atoms with Crippen LogP contribution in [0, 0.1) is 29.2 Å². The van der Waals surface area contributed by atoms with Crippen molar-refractivity contribution in [1.29, 1.82) is 0 Å². The van der Waals surface area contributed by atoms with Crippen LogP contribution in [0.5, 0.6) is 0 Å². The molecule has 2 aromatic heterocycles. The van der Waals surface area contributed by atoms with Crippen molar-refractivity contribution in [3.8, 4) is 11.3 Å². The molecule has 0 saturated heterocycles. The molecule has 1 saturated carbocycles. The Morgan fingerprint density at radius 1 is 1.03 bits per heavy atom. The van der Waals surface area contributed by atoms with Gasteiger partial charge in [-0.1, -0.05) is 6.92 Å². The van der Waals surface area contributed by atoms with Crippen LogP contribution in [0.25, 0.3) is 11.3 Å². The van der Waals surface area contributed by atoms with E-state index < -0.39 is 40.4 Å². The van der Waals surface area contributed by atoms with Gasteiger partial charge in [0, 0.05) is 24.4 Å². The number of pyridine rings is 2. The fourth-order valence-electron chi connectivity index (χ4n) is 4.47. The Balaban J connectivity index is 1.64. The van der Waals surface area contributed by atoms with Crippen LogP contribution in [-0.4, -0.2) is 21.9 Å². The molecule has 1 amide bonds. The lowest BCUT2D eigenvalue weighted by molar-refractivity contribution is 0.102. The molecule has 9 heteroatoms. The van der Waals surface area contributed by atoms with Crippen LogP contribution >= 0.6 is 0 Å². The van der Waals surface area contributed by atoms with E-state index in [-0.39, 0.29) is 17.7 Å². The van der Waals surface area contributed by atoms with Gasteiger partial charge < -0.3 is 11.1 Å². The third kappa shape index (κ3) is 4.88. The molecule has 0 spiro atoms. The maximum Gasteiger partial charge on any atom is 0.274 e. The number of amides is 1. The SMILES string of the molecule is C[C@@H]1C[C@@H](N)C[C@H](c2ccncc2NC(=O)c2ccc(F)c(-c3c(F)cc(F)cc3F)n2)C1. The number of hydrogen-bond donors (Lipinski definition) is 2.